The Labute approximate surface area is 73.7 Å². The number of hydrogen-bond donors (Lipinski definition) is 0. The highest BCUT2D eigenvalue weighted by molar-refractivity contribution is 5.85. The Bertz CT molecular complexity index is 175. The summed E-state index contributed by atoms with van der Waals surface area (Å²) in [7, 11) is 3.41. The predicted octanol–water partition coefficient (Wildman–Crippen LogP) is 1.08. The Morgan fingerprint density at radius 1 is 1.33 bits per heavy atom. The number of nitrogens with zero attached hydrogens (tertiary/aromatic N) is 1. The molecule has 0 spiro atoms. The van der Waals surface area contributed by atoms with Crippen molar-refractivity contribution in [2.45, 2.75) is 26.7 Å². The van der Waals surface area contributed by atoms with Crippen LogP contribution < -0.4 is 0 Å². The van der Waals surface area contributed by atoms with Crippen molar-refractivity contribution in [3.63, 3.8) is 0 Å². The second-order valence-corrected chi connectivity index (χ2v) is 3.21. The van der Waals surface area contributed by atoms with Crippen LogP contribution in [0.15, 0.2) is 0 Å². The minimum Gasteiger partial charge on any atom is -0.349 e. The topological polar surface area (TPSA) is 37.4 Å². The van der Waals surface area contributed by atoms with E-state index < -0.39 is 0 Å². The lowest BCUT2D eigenvalue weighted by molar-refractivity contribution is -0.133. The van der Waals surface area contributed by atoms with Crippen molar-refractivity contribution in [1.82, 2.24) is 4.90 Å². The molecule has 0 aliphatic heterocycles. The number of carbonyl (C=O) groups is 2. The summed E-state index contributed by atoms with van der Waals surface area (Å²) in [6, 6.07) is 0. The molecule has 70 valence electrons. The zero-order chi connectivity index (χ0) is 9.72. The maximum absolute atomic E-state index is 11.2. The summed E-state index contributed by atoms with van der Waals surface area (Å²) < 4.78 is 0. The standard InChI is InChI=1S/C9H17NO2/c1-5-8(7(2)11)6-9(12)10(3)4/h8H,5-6H2,1-4H3. The van der Waals surface area contributed by atoms with E-state index in [0.717, 1.165) is 6.42 Å². The summed E-state index contributed by atoms with van der Waals surface area (Å²) in [5.41, 5.74) is 0. The molecule has 0 aromatic rings. The van der Waals surface area contributed by atoms with Crippen molar-refractivity contribution in [3.8, 4) is 0 Å². The maximum atomic E-state index is 11.2. The molecule has 3 heteroatoms. The molecule has 1 unspecified atom stereocenters. The van der Waals surface area contributed by atoms with Crippen LogP contribution in [0.5, 0.6) is 0 Å². The van der Waals surface area contributed by atoms with E-state index in [-0.39, 0.29) is 17.6 Å². The molecule has 0 aromatic carbocycles. The SMILES string of the molecule is CCC(CC(=O)N(C)C)C(C)=O. The number of Topliss-reactive ketones (excluding diaryl/α,β-unsaturated/α-hetero) is 1. The van der Waals surface area contributed by atoms with Crippen LogP contribution in [0.1, 0.15) is 26.7 Å². The summed E-state index contributed by atoms with van der Waals surface area (Å²) in [4.78, 5) is 23.7. The van der Waals surface area contributed by atoms with Crippen molar-refractivity contribution in [1.29, 1.82) is 0 Å². The van der Waals surface area contributed by atoms with Gasteiger partial charge in [-0.15, -0.1) is 0 Å². The van der Waals surface area contributed by atoms with Crippen LogP contribution in [-0.4, -0.2) is 30.7 Å². The number of ketones is 1. The van der Waals surface area contributed by atoms with E-state index in [1.54, 1.807) is 14.1 Å². The molecule has 0 saturated heterocycles. The minimum absolute atomic E-state index is 0.0250. The highest BCUT2D eigenvalue weighted by atomic mass is 16.2. The van der Waals surface area contributed by atoms with Crippen LogP contribution in [0.2, 0.25) is 0 Å². The van der Waals surface area contributed by atoms with E-state index in [0.29, 0.717) is 6.42 Å². The third-order valence-electron chi connectivity index (χ3n) is 1.99. The van der Waals surface area contributed by atoms with Gasteiger partial charge in [0.05, 0.1) is 0 Å². The molecule has 1 amide bonds. The molecule has 0 aliphatic carbocycles. The molecule has 0 aromatic heterocycles. The highest BCUT2D eigenvalue weighted by Gasteiger charge is 2.16. The largest absolute Gasteiger partial charge is 0.349 e. The average Bonchev–Trinajstić information content (AvgIpc) is 1.98. The number of rotatable bonds is 4. The first-order valence-electron chi connectivity index (χ1n) is 4.19. The monoisotopic (exact) mass is 171 g/mol. The second-order valence-electron chi connectivity index (χ2n) is 3.21. The average molecular weight is 171 g/mol. The normalized spacial score (nSPS) is 12.3. The molecule has 0 rings (SSSR count). The van der Waals surface area contributed by atoms with Crippen LogP contribution in [0.3, 0.4) is 0 Å². The molecular formula is C9H17NO2. The zero-order valence-electron chi connectivity index (χ0n) is 8.26. The Hall–Kier alpha value is -0.860. The van der Waals surface area contributed by atoms with E-state index in [9.17, 15) is 9.59 Å². The fourth-order valence-corrected chi connectivity index (χ4v) is 0.969. The molecule has 1 atom stereocenters. The molecule has 0 bridgehead atoms. The van der Waals surface area contributed by atoms with E-state index in [1.165, 1.54) is 11.8 Å². The number of hydrogen-bond acceptors (Lipinski definition) is 2. The Morgan fingerprint density at radius 2 is 1.83 bits per heavy atom. The first kappa shape index (κ1) is 11.1. The van der Waals surface area contributed by atoms with Crippen LogP contribution in [0.25, 0.3) is 0 Å². The fourth-order valence-electron chi connectivity index (χ4n) is 0.969. The van der Waals surface area contributed by atoms with Crippen molar-refractivity contribution in [3.05, 3.63) is 0 Å². The smallest absolute Gasteiger partial charge is 0.222 e. The minimum atomic E-state index is -0.0973. The number of carbonyl (C=O) groups excluding carboxylic acids is 2. The molecular weight excluding hydrogens is 154 g/mol. The van der Waals surface area contributed by atoms with Crippen molar-refractivity contribution in [2.24, 2.45) is 5.92 Å². The second kappa shape index (κ2) is 4.91. The van der Waals surface area contributed by atoms with E-state index >= 15 is 0 Å². The van der Waals surface area contributed by atoms with Gasteiger partial charge in [-0.25, -0.2) is 0 Å². The van der Waals surface area contributed by atoms with Gasteiger partial charge in [-0.2, -0.15) is 0 Å². The van der Waals surface area contributed by atoms with Gasteiger partial charge in [0.1, 0.15) is 5.78 Å². The van der Waals surface area contributed by atoms with Crippen LogP contribution in [0, 0.1) is 5.92 Å². The van der Waals surface area contributed by atoms with Crippen LogP contribution in [0.4, 0.5) is 0 Å². The van der Waals surface area contributed by atoms with Gasteiger partial charge < -0.3 is 4.90 Å². The lowest BCUT2D eigenvalue weighted by atomic mass is 9.98. The first-order valence-corrected chi connectivity index (χ1v) is 4.19. The quantitative estimate of drug-likeness (QED) is 0.634. The lowest BCUT2D eigenvalue weighted by Crippen LogP contribution is -2.26. The van der Waals surface area contributed by atoms with Gasteiger partial charge >= 0.3 is 0 Å². The molecule has 0 fully saturated rings. The molecule has 3 nitrogen and oxygen atoms in total. The fraction of sp³-hybridized carbons (Fsp3) is 0.778. The van der Waals surface area contributed by atoms with Crippen LogP contribution in [-0.2, 0) is 9.59 Å². The number of amides is 1. The maximum Gasteiger partial charge on any atom is 0.222 e. The molecule has 0 N–H and O–H groups in total. The van der Waals surface area contributed by atoms with E-state index in [4.69, 9.17) is 0 Å². The summed E-state index contributed by atoms with van der Waals surface area (Å²) in [6.45, 7) is 3.46. The van der Waals surface area contributed by atoms with Gasteiger partial charge in [-0.1, -0.05) is 6.92 Å². The third-order valence-corrected chi connectivity index (χ3v) is 1.99. The Morgan fingerprint density at radius 3 is 2.08 bits per heavy atom. The van der Waals surface area contributed by atoms with Crippen molar-refractivity contribution in [2.75, 3.05) is 14.1 Å². The van der Waals surface area contributed by atoms with E-state index in [2.05, 4.69) is 0 Å². The van der Waals surface area contributed by atoms with Crippen molar-refractivity contribution >= 4 is 11.7 Å². The van der Waals surface area contributed by atoms with Gasteiger partial charge in [-0.3, -0.25) is 9.59 Å². The molecule has 0 radical (unpaired) electrons. The Kier molecular flexibility index (Phi) is 4.55. The lowest BCUT2D eigenvalue weighted by Gasteiger charge is -2.14. The van der Waals surface area contributed by atoms with Gasteiger partial charge in [0.15, 0.2) is 0 Å². The summed E-state index contributed by atoms with van der Waals surface area (Å²) in [6.07, 6.45) is 1.09. The van der Waals surface area contributed by atoms with Gasteiger partial charge in [0, 0.05) is 26.4 Å². The van der Waals surface area contributed by atoms with E-state index in [1.807, 2.05) is 6.92 Å². The first-order chi connectivity index (χ1) is 5.49. The summed E-state index contributed by atoms with van der Waals surface area (Å²) >= 11 is 0. The van der Waals surface area contributed by atoms with Gasteiger partial charge in [0.25, 0.3) is 0 Å². The van der Waals surface area contributed by atoms with Gasteiger partial charge in [-0.05, 0) is 13.3 Å². The van der Waals surface area contributed by atoms with Crippen molar-refractivity contribution < 1.29 is 9.59 Å². The Balaban J connectivity index is 4.03. The van der Waals surface area contributed by atoms with Crippen LogP contribution >= 0.6 is 0 Å². The molecule has 0 saturated carbocycles. The zero-order valence-corrected chi connectivity index (χ0v) is 8.26. The van der Waals surface area contributed by atoms with Gasteiger partial charge in [0.2, 0.25) is 5.91 Å². The summed E-state index contributed by atoms with van der Waals surface area (Å²) in [5, 5.41) is 0. The predicted molar refractivity (Wildman–Crippen MR) is 47.8 cm³/mol. The summed E-state index contributed by atoms with van der Waals surface area (Å²) in [5.74, 6) is 0.0321. The molecule has 0 aliphatic rings. The molecule has 12 heavy (non-hydrogen) atoms. The third kappa shape index (κ3) is 3.51. The highest BCUT2D eigenvalue weighted by Crippen LogP contribution is 2.10. The molecule has 0 heterocycles.